The van der Waals surface area contributed by atoms with Crippen molar-refractivity contribution in [2.24, 2.45) is 0 Å². The van der Waals surface area contributed by atoms with Gasteiger partial charge < -0.3 is 15.1 Å². The molecule has 3 rings (SSSR count). The lowest BCUT2D eigenvalue weighted by Gasteiger charge is -2.34. The first-order valence-electron chi connectivity index (χ1n) is 10.1. The molecule has 1 aromatic carbocycles. The molecule has 2 heterocycles. The van der Waals surface area contributed by atoms with Gasteiger partial charge in [0.1, 0.15) is 0 Å². The molecular formula is C22H30N6O. The van der Waals surface area contributed by atoms with Gasteiger partial charge in [0.25, 0.3) is 5.91 Å². The molecule has 1 aromatic heterocycles. The number of nitrogens with zero attached hydrogens (tertiary/aromatic N) is 5. The monoisotopic (exact) mass is 394 g/mol. The third kappa shape index (κ3) is 6.66. The quantitative estimate of drug-likeness (QED) is 0.734. The number of piperazine rings is 1. The molecule has 1 N–H and O–H groups in total. The first kappa shape index (κ1) is 21.0. The van der Waals surface area contributed by atoms with E-state index in [1.54, 1.807) is 6.07 Å². The Morgan fingerprint density at radius 1 is 1.07 bits per heavy atom. The molecule has 0 spiro atoms. The van der Waals surface area contributed by atoms with E-state index in [1.165, 1.54) is 5.56 Å². The van der Waals surface area contributed by atoms with Gasteiger partial charge >= 0.3 is 0 Å². The van der Waals surface area contributed by atoms with E-state index in [9.17, 15) is 4.79 Å². The molecule has 0 bridgehead atoms. The fourth-order valence-corrected chi connectivity index (χ4v) is 3.16. The number of rotatable bonds is 8. The van der Waals surface area contributed by atoms with Crippen LogP contribution in [-0.4, -0.2) is 85.8 Å². The average Bonchev–Trinajstić information content (AvgIpc) is 2.75. The average molecular weight is 395 g/mol. The Bertz CT molecular complexity index is 783. The van der Waals surface area contributed by atoms with E-state index in [4.69, 9.17) is 0 Å². The molecule has 7 nitrogen and oxygen atoms in total. The molecular weight excluding hydrogens is 364 g/mol. The van der Waals surface area contributed by atoms with Crippen molar-refractivity contribution >= 4 is 17.8 Å². The first-order chi connectivity index (χ1) is 14.1. The van der Waals surface area contributed by atoms with Crippen molar-refractivity contribution in [3.63, 3.8) is 0 Å². The van der Waals surface area contributed by atoms with E-state index in [0.29, 0.717) is 12.2 Å². The van der Waals surface area contributed by atoms with Crippen LogP contribution in [0, 0.1) is 0 Å². The van der Waals surface area contributed by atoms with Gasteiger partial charge in [0, 0.05) is 45.8 Å². The van der Waals surface area contributed by atoms with Crippen LogP contribution in [0.2, 0.25) is 0 Å². The topological polar surface area (TPSA) is 64.6 Å². The highest BCUT2D eigenvalue weighted by atomic mass is 16.1. The van der Waals surface area contributed by atoms with Gasteiger partial charge in [-0.25, -0.2) is 0 Å². The van der Waals surface area contributed by atoms with Crippen LogP contribution in [0.25, 0.3) is 6.08 Å². The fourth-order valence-electron chi connectivity index (χ4n) is 3.16. The van der Waals surface area contributed by atoms with Crippen LogP contribution in [0.15, 0.2) is 48.5 Å². The summed E-state index contributed by atoms with van der Waals surface area (Å²) < 4.78 is 0. The number of carbonyl (C=O) groups is 1. The maximum Gasteiger partial charge on any atom is 0.271 e. The van der Waals surface area contributed by atoms with Crippen molar-refractivity contribution < 1.29 is 4.79 Å². The van der Waals surface area contributed by atoms with Crippen LogP contribution < -0.4 is 10.2 Å². The predicted molar refractivity (Wildman–Crippen MR) is 117 cm³/mol. The fraction of sp³-hybridized carbons (Fsp3) is 0.409. The minimum Gasteiger partial charge on any atom is -0.353 e. The third-order valence-corrected chi connectivity index (χ3v) is 4.90. The molecule has 29 heavy (non-hydrogen) atoms. The minimum atomic E-state index is -0.180. The molecule has 2 aromatic rings. The number of amides is 1. The molecule has 0 saturated carbocycles. The second-order valence-electron chi connectivity index (χ2n) is 7.44. The van der Waals surface area contributed by atoms with Crippen LogP contribution in [0.5, 0.6) is 0 Å². The van der Waals surface area contributed by atoms with Crippen molar-refractivity contribution in [2.45, 2.75) is 0 Å². The Kier molecular flexibility index (Phi) is 7.72. The Morgan fingerprint density at radius 3 is 2.48 bits per heavy atom. The molecule has 0 aliphatic carbocycles. The van der Waals surface area contributed by atoms with Gasteiger partial charge in [0.15, 0.2) is 11.5 Å². The minimum absolute atomic E-state index is 0.180. The molecule has 0 atom stereocenters. The molecule has 1 amide bonds. The van der Waals surface area contributed by atoms with Crippen LogP contribution in [0.1, 0.15) is 16.1 Å². The highest BCUT2D eigenvalue weighted by Crippen LogP contribution is 2.13. The molecule has 0 radical (unpaired) electrons. The number of benzene rings is 1. The van der Waals surface area contributed by atoms with Crippen LogP contribution in [0.4, 0.5) is 5.82 Å². The van der Waals surface area contributed by atoms with E-state index in [2.05, 4.69) is 61.7 Å². The van der Waals surface area contributed by atoms with Gasteiger partial charge in [-0.05, 0) is 31.8 Å². The Balaban J connectivity index is 1.43. The maximum atomic E-state index is 12.1. The summed E-state index contributed by atoms with van der Waals surface area (Å²) in [6.07, 6.45) is 4.38. The molecule has 154 valence electrons. The number of likely N-dealkylation sites (N-methyl/N-ethyl adjacent to an activating group) is 1. The van der Waals surface area contributed by atoms with Crippen molar-refractivity contribution in [2.75, 3.05) is 64.8 Å². The number of aromatic nitrogens is 2. The summed E-state index contributed by atoms with van der Waals surface area (Å²) in [5, 5.41) is 11.2. The lowest BCUT2D eigenvalue weighted by Crippen LogP contribution is -2.46. The lowest BCUT2D eigenvalue weighted by atomic mass is 10.2. The van der Waals surface area contributed by atoms with Crippen LogP contribution in [0.3, 0.4) is 0 Å². The maximum absolute atomic E-state index is 12.1. The summed E-state index contributed by atoms with van der Waals surface area (Å²) >= 11 is 0. The Hall–Kier alpha value is -2.77. The first-order valence-corrected chi connectivity index (χ1v) is 10.1. The predicted octanol–water partition coefficient (Wildman–Crippen LogP) is 1.60. The number of carbonyl (C=O) groups excluding carboxylic acids is 1. The lowest BCUT2D eigenvalue weighted by molar-refractivity contribution is 0.0945. The summed E-state index contributed by atoms with van der Waals surface area (Å²) in [7, 11) is 3.94. The zero-order chi connectivity index (χ0) is 20.5. The highest BCUT2D eigenvalue weighted by Gasteiger charge is 2.18. The summed E-state index contributed by atoms with van der Waals surface area (Å²) in [6.45, 7) is 6.10. The van der Waals surface area contributed by atoms with Crippen molar-refractivity contribution in [1.82, 2.24) is 25.3 Å². The van der Waals surface area contributed by atoms with Crippen LogP contribution >= 0.6 is 0 Å². The summed E-state index contributed by atoms with van der Waals surface area (Å²) in [5.74, 6) is 0.648. The highest BCUT2D eigenvalue weighted by molar-refractivity contribution is 5.92. The zero-order valence-corrected chi connectivity index (χ0v) is 17.3. The SMILES string of the molecule is CN(C)CCNC(=O)c1ccc(N2CCN(C/C=C/c3ccccc3)CC2)nn1. The normalized spacial score (nSPS) is 15.2. The third-order valence-electron chi connectivity index (χ3n) is 4.90. The summed E-state index contributed by atoms with van der Waals surface area (Å²) in [4.78, 5) is 18.8. The molecule has 1 aliphatic rings. The summed E-state index contributed by atoms with van der Waals surface area (Å²) in [5.41, 5.74) is 1.59. The molecule has 1 saturated heterocycles. The molecule has 1 aliphatic heterocycles. The summed E-state index contributed by atoms with van der Waals surface area (Å²) in [6, 6.07) is 14.0. The van der Waals surface area contributed by atoms with Gasteiger partial charge in [-0.2, -0.15) is 0 Å². The molecule has 1 fully saturated rings. The van der Waals surface area contributed by atoms with Gasteiger partial charge in [-0.1, -0.05) is 42.5 Å². The van der Waals surface area contributed by atoms with E-state index < -0.39 is 0 Å². The van der Waals surface area contributed by atoms with E-state index >= 15 is 0 Å². The number of anilines is 1. The van der Waals surface area contributed by atoms with Gasteiger partial charge in [-0.15, -0.1) is 10.2 Å². The van der Waals surface area contributed by atoms with Crippen molar-refractivity contribution in [1.29, 1.82) is 0 Å². The van der Waals surface area contributed by atoms with Crippen molar-refractivity contribution in [3.05, 3.63) is 59.8 Å². The van der Waals surface area contributed by atoms with Gasteiger partial charge in [-0.3, -0.25) is 9.69 Å². The molecule has 0 unspecified atom stereocenters. The van der Waals surface area contributed by atoms with Gasteiger partial charge in [0.05, 0.1) is 0 Å². The van der Waals surface area contributed by atoms with E-state index in [-0.39, 0.29) is 5.91 Å². The zero-order valence-electron chi connectivity index (χ0n) is 17.3. The number of nitrogens with one attached hydrogen (secondary N) is 1. The molecule has 7 heteroatoms. The van der Waals surface area contributed by atoms with Crippen molar-refractivity contribution in [3.8, 4) is 0 Å². The van der Waals surface area contributed by atoms with E-state index in [1.807, 2.05) is 31.1 Å². The van der Waals surface area contributed by atoms with E-state index in [0.717, 1.165) is 45.1 Å². The Morgan fingerprint density at radius 2 is 1.83 bits per heavy atom. The van der Waals surface area contributed by atoms with Gasteiger partial charge in [0.2, 0.25) is 0 Å². The largest absolute Gasteiger partial charge is 0.353 e. The van der Waals surface area contributed by atoms with Crippen LogP contribution in [-0.2, 0) is 0 Å². The standard InChI is InChI=1S/C22H30N6O/c1-26(2)14-12-23-22(29)20-10-11-21(25-24-20)28-17-15-27(16-18-28)13-6-9-19-7-4-3-5-8-19/h3-11H,12-18H2,1-2H3,(H,23,29)/b9-6+. The second kappa shape index (κ2) is 10.7. The number of hydrogen-bond donors (Lipinski definition) is 1. The smallest absolute Gasteiger partial charge is 0.271 e. The Labute approximate surface area is 173 Å². The number of hydrogen-bond acceptors (Lipinski definition) is 6. The second-order valence-corrected chi connectivity index (χ2v) is 7.44.